The van der Waals surface area contributed by atoms with E-state index < -0.39 is 0 Å². The molecule has 2 aromatic heterocycles. The second-order valence-electron chi connectivity index (χ2n) is 7.58. The van der Waals surface area contributed by atoms with Gasteiger partial charge in [0.15, 0.2) is 5.69 Å². The van der Waals surface area contributed by atoms with E-state index in [1.54, 1.807) is 12.3 Å². The second-order valence-corrected chi connectivity index (χ2v) is 8.43. The van der Waals surface area contributed by atoms with Gasteiger partial charge in [0.2, 0.25) is 0 Å². The van der Waals surface area contributed by atoms with Gasteiger partial charge in [-0.2, -0.15) is 0 Å². The number of carbonyl (C=O) groups excluding carboxylic acids is 1. The highest BCUT2D eigenvalue weighted by atomic mass is 35.5. The van der Waals surface area contributed by atoms with E-state index in [-0.39, 0.29) is 5.91 Å². The number of amides is 1. The fraction of sp³-hybridized carbons (Fsp3) is 0.333. The fourth-order valence-electron chi connectivity index (χ4n) is 3.84. The summed E-state index contributed by atoms with van der Waals surface area (Å²) in [6.07, 6.45) is 3.72. The fourth-order valence-corrected chi connectivity index (χ4v) is 4.34. The first kappa shape index (κ1) is 19.3. The average Bonchev–Trinajstić information content (AvgIpc) is 3.52. The normalized spacial score (nSPS) is 16.7. The summed E-state index contributed by atoms with van der Waals surface area (Å²) >= 11 is 12.2. The second kappa shape index (κ2) is 7.89. The predicted molar refractivity (Wildman–Crippen MR) is 116 cm³/mol. The lowest BCUT2D eigenvalue weighted by atomic mass is 10.1. The van der Waals surface area contributed by atoms with Crippen molar-refractivity contribution >= 4 is 34.9 Å². The first-order valence-electron chi connectivity index (χ1n) is 9.98. The van der Waals surface area contributed by atoms with Gasteiger partial charge in [-0.15, -0.1) is 5.10 Å². The van der Waals surface area contributed by atoms with Crippen molar-refractivity contribution in [3.63, 3.8) is 0 Å². The molecule has 30 heavy (non-hydrogen) atoms. The number of hydrogen-bond donors (Lipinski definition) is 0. The number of para-hydroxylation sites is 1. The van der Waals surface area contributed by atoms with Crippen LogP contribution in [0.2, 0.25) is 10.0 Å². The maximum Gasteiger partial charge on any atom is 0.276 e. The van der Waals surface area contributed by atoms with Gasteiger partial charge in [-0.25, -0.2) is 9.67 Å². The summed E-state index contributed by atoms with van der Waals surface area (Å²) in [6, 6.07) is 11.5. The van der Waals surface area contributed by atoms with Crippen LogP contribution in [0.1, 0.15) is 34.9 Å². The molecular weight excluding hydrogens is 423 g/mol. The van der Waals surface area contributed by atoms with Crippen molar-refractivity contribution in [2.45, 2.75) is 18.8 Å². The van der Waals surface area contributed by atoms with Gasteiger partial charge in [0, 0.05) is 38.3 Å². The minimum Gasteiger partial charge on any atom is -0.352 e. The molecule has 0 atom stereocenters. The van der Waals surface area contributed by atoms with E-state index in [0.29, 0.717) is 53.7 Å². The van der Waals surface area contributed by atoms with Gasteiger partial charge in [0.25, 0.3) is 5.91 Å². The first-order valence-corrected chi connectivity index (χ1v) is 10.7. The lowest BCUT2D eigenvalue weighted by molar-refractivity contribution is 0.0739. The molecule has 1 amide bonds. The summed E-state index contributed by atoms with van der Waals surface area (Å²) in [6.45, 7) is 2.43. The van der Waals surface area contributed by atoms with Crippen molar-refractivity contribution in [2.24, 2.45) is 0 Å². The zero-order valence-electron chi connectivity index (χ0n) is 16.2. The van der Waals surface area contributed by atoms with Crippen molar-refractivity contribution in [3.05, 3.63) is 64.0 Å². The monoisotopic (exact) mass is 442 g/mol. The highest BCUT2D eigenvalue weighted by molar-refractivity contribution is 6.36. The Hall–Kier alpha value is -2.64. The molecule has 2 aliphatic rings. The number of carbonyl (C=O) groups is 1. The minimum absolute atomic E-state index is 0.0612. The number of pyridine rings is 1. The maximum atomic E-state index is 13.3. The van der Waals surface area contributed by atoms with Crippen LogP contribution in [-0.2, 0) is 0 Å². The molecule has 3 heterocycles. The predicted octanol–water partition coefficient (Wildman–Crippen LogP) is 3.81. The molecule has 1 saturated carbocycles. The molecule has 0 bridgehead atoms. The van der Waals surface area contributed by atoms with E-state index in [1.165, 1.54) is 0 Å². The summed E-state index contributed by atoms with van der Waals surface area (Å²) in [5.41, 5.74) is 2.33. The Morgan fingerprint density at radius 2 is 1.77 bits per heavy atom. The van der Waals surface area contributed by atoms with Crippen molar-refractivity contribution in [1.29, 1.82) is 0 Å². The number of rotatable bonds is 4. The van der Waals surface area contributed by atoms with Crippen LogP contribution in [-0.4, -0.2) is 57.0 Å². The quantitative estimate of drug-likeness (QED) is 0.614. The van der Waals surface area contributed by atoms with Gasteiger partial charge in [-0.05, 0) is 31.0 Å². The summed E-state index contributed by atoms with van der Waals surface area (Å²) in [5.74, 6) is 0.980. The zero-order valence-corrected chi connectivity index (χ0v) is 17.7. The molecule has 0 unspecified atom stereocenters. The van der Waals surface area contributed by atoms with Gasteiger partial charge in [0.1, 0.15) is 5.82 Å². The Labute approximate surface area is 184 Å². The molecule has 9 heteroatoms. The Kier molecular flexibility index (Phi) is 5.08. The number of piperazine rings is 1. The molecule has 7 nitrogen and oxygen atoms in total. The van der Waals surface area contributed by atoms with Crippen LogP contribution in [0.25, 0.3) is 5.69 Å². The number of aromatic nitrogens is 4. The van der Waals surface area contributed by atoms with Crippen molar-refractivity contribution < 1.29 is 4.79 Å². The smallest absolute Gasteiger partial charge is 0.276 e. The van der Waals surface area contributed by atoms with Crippen LogP contribution in [0.15, 0.2) is 42.6 Å². The minimum atomic E-state index is -0.0612. The molecule has 1 aliphatic carbocycles. The van der Waals surface area contributed by atoms with E-state index in [0.717, 1.165) is 24.2 Å². The molecule has 1 aromatic carbocycles. The van der Waals surface area contributed by atoms with Gasteiger partial charge < -0.3 is 9.80 Å². The summed E-state index contributed by atoms with van der Waals surface area (Å²) < 4.78 is 1.82. The number of benzene rings is 1. The summed E-state index contributed by atoms with van der Waals surface area (Å²) in [5, 5.41) is 9.63. The lowest BCUT2D eigenvalue weighted by Crippen LogP contribution is -2.49. The Balaban J connectivity index is 1.34. The van der Waals surface area contributed by atoms with Crippen molar-refractivity contribution in [2.75, 3.05) is 31.1 Å². The third-order valence-corrected chi connectivity index (χ3v) is 6.01. The lowest BCUT2D eigenvalue weighted by Gasteiger charge is -2.35. The standard InChI is InChI=1S/C21H20Cl2N6O/c22-15-12-17(23)20(24-13-15)27-8-10-28(11-9-27)21(30)18-19(14-6-7-14)29(26-25-18)16-4-2-1-3-5-16/h1-5,12-14H,6-11H2. The molecule has 3 aromatic rings. The summed E-state index contributed by atoms with van der Waals surface area (Å²) in [7, 11) is 0. The van der Waals surface area contributed by atoms with Gasteiger partial charge >= 0.3 is 0 Å². The van der Waals surface area contributed by atoms with E-state index in [9.17, 15) is 4.79 Å². The molecule has 1 saturated heterocycles. The Morgan fingerprint density at radius 3 is 2.43 bits per heavy atom. The molecular formula is C21H20Cl2N6O. The molecule has 154 valence electrons. The highest BCUT2D eigenvalue weighted by Crippen LogP contribution is 2.42. The topological polar surface area (TPSA) is 67.2 Å². The molecule has 0 radical (unpaired) electrons. The van der Waals surface area contributed by atoms with Crippen LogP contribution >= 0.6 is 23.2 Å². The molecule has 0 spiro atoms. The number of anilines is 1. The van der Waals surface area contributed by atoms with Crippen LogP contribution < -0.4 is 4.90 Å². The molecule has 1 aliphatic heterocycles. The molecule has 5 rings (SSSR count). The van der Waals surface area contributed by atoms with Gasteiger partial charge in [-0.3, -0.25) is 4.79 Å². The SMILES string of the molecule is O=C(c1nnn(-c2ccccc2)c1C1CC1)N1CCN(c2ncc(Cl)cc2Cl)CC1. The van der Waals surface area contributed by atoms with Crippen LogP contribution in [0.3, 0.4) is 0 Å². The summed E-state index contributed by atoms with van der Waals surface area (Å²) in [4.78, 5) is 21.5. The number of hydrogen-bond acceptors (Lipinski definition) is 5. The Bertz CT molecular complexity index is 1070. The van der Waals surface area contributed by atoms with E-state index in [1.807, 2.05) is 39.9 Å². The van der Waals surface area contributed by atoms with Gasteiger partial charge in [-0.1, -0.05) is 46.6 Å². The number of halogens is 2. The van der Waals surface area contributed by atoms with E-state index in [2.05, 4.69) is 20.2 Å². The maximum absolute atomic E-state index is 13.3. The Morgan fingerprint density at radius 1 is 1.03 bits per heavy atom. The molecule has 2 fully saturated rings. The average molecular weight is 443 g/mol. The first-order chi connectivity index (χ1) is 14.6. The third kappa shape index (κ3) is 3.63. The van der Waals surface area contributed by atoms with Crippen LogP contribution in [0.5, 0.6) is 0 Å². The van der Waals surface area contributed by atoms with Crippen molar-refractivity contribution in [1.82, 2.24) is 24.9 Å². The largest absolute Gasteiger partial charge is 0.352 e. The van der Waals surface area contributed by atoms with E-state index in [4.69, 9.17) is 23.2 Å². The molecule has 0 N–H and O–H groups in total. The highest BCUT2D eigenvalue weighted by Gasteiger charge is 2.36. The van der Waals surface area contributed by atoms with Gasteiger partial charge in [0.05, 0.1) is 21.4 Å². The van der Waals surface area contributed by atoms with E-state index >= 15 is 0 Å². The van der Waals surface area contributed by atoms with Crippen LogP contribution in [0, 0.1) is 0 Å². The van der Waals surface area contributed by atoms with Crippen LogP contribution in [0.4, 0.5) is 5.82 Å². The van der Waals surface area contributed by atoms with Crippen molar-refractivity contribution in [3.8, 4) is 5.69 Å². The number of nitrogens with zero attached hydrogens (tertiary/aromatic N) is 6. The zero-order chi connectivity index (χ0) is 20.7. The third-order valence-electron chi connectivity index (χ3n) is 5.53.